The Morgan fingerprint density at radius 3 is 2.31 bits per heavy atom. The number of carbonyl (C=O) groups excluding carboxylic acids is 2. The highest BCUT2D eigenvalue weighted by molar-refractivity contribution is 5.88. The van der Waals surface area contributed by atoms with E-state index in [2.05, 4.69) is 60.6 Å². The molecular weight excluding hydrogens is 436 g/mol. The minimum atomic E-state index is -0.571. The number of ether oxygens (including phenoxy) is 1. The van der Waals surface area contributed by atoms with Crippen molar-refractivity contribution in [2.45, 2.75) is 106 Å². The Labute approximate surface area is 212 Å². The molecule has 5 rings (SSSR count). The summed E-state index contributed by atoms with van der Waals surface area (Å²) in [6.45, 7) is 16.0. The maximum atomic E-state index is 13.7. The van der Waals surface area contributed by atoms with Gasteiger partial charge in [0.05, 0.1) is 18.6 Å². The zero-order valence-corrected chi connectivity index (χ0v) is 23.2. The molecule has 194 valence electrons. The van der Waals surface area contributed by atoms with E-state index in [4.69, 9.17) is 4.74 Å². The van der Waals surface area contributed by atoms with Crippen LogP contribution in [0.1, 0.15) is 99.8 Å². The van der Waals surface area contributed by atoms with E-state index in [1.807, 2.05) is 0 Å². The van der Waals surface area contributed by atoms with Crippen LogP contribution in [0.25, 0.3) is 0 Å². The van der Waals surface area contributed by atoms with Crippen molar-refractivity contribution in [1.82, 2.24) is 0 Å². The minimum Gasteiger partial charge on any atom is -0.468 e. The van der Waals surface area contributed by atoms with Gasteiger partial charge in [-0.25, -0.2) is 0 Å². The molecule has 3 fully saturated rings. The highest BCUT2D eigenvalue weighted by Crippen LogP contribution is 2.73. The molecule has 0 bridgehead atoms. The maximum absolute atomic E-state index is 13.7. The molecule has 0 saturated heterocycles. The van der Waals surface area contributed by atoms with Gasteiger partial charge in [0.2, 0.25) is 0 Å². The molecule has 0 aliphatic heterocycles. The lowest BCUT2D eigenvalue weighted by atomic mass is 9.35. The summed E-state index contributed by atoms with van der Waals surface area (Å²) in [5.74, 6) is 0.461. The number of esters is 1. The first-order valence-corrected chi connectivity index (χ1v) is 13.8. The van der Waals surface area contributed by atoms with Crippen LogP contribution in [0.3, 0.4) is 0 Å². The highest BCUT2D eigenvalue weighted by Gasteiger charge is 2.69. The average molecular weight is 483 g/mol. The third-order valence-corrected chi connectivity index (χ3v) is 12.5. The number of hydrogen-bond acceptors (Lipinski definition) is 4. The van der Waals surface area contributed by atoms with Gasteiger partial charge in [0.25, 0.3) is 0 Å². The monoisotopic (exact) mass is 482 g/mol. The van der Waals surface area contributed by atoms with E-state index in [0.29, 0.717) is 0 Å². The fourth-order valence-corrected chi connectivity index (χ4v) is 9.80. The van der Waals surface area contributed by atoms with E-state index in [1.165, 1.54) is 18.3 Å². The zero-order chi connectivity index (χ0) is 25.8. The second kappa shape index (κ2) is 7.33. The molecule has 5 aliphatic rings. The second-order valence-electron chi connectivity index (χ2n) is 14.7. The van der Waals surface area contributed by atoms with Gasteiger partial charge in [-0.2, -0.15) is 0 Å². The van der Waals surface area contributed by atoms with E-state index < -0.39 is 16.9 Å². The van der Waals surface area contributed by atoms with Crippen LogP contribution in [0.15, 0.2) is 23.3 Å². The summed E-state index contributed by atoms with van der Waals surface area (Å²) >= 11 is 0. The molecule has 7 atom stereocenters. The fourth-order valence-electron chi connectivity index (χ4n) is 9.80. The van der Waals surface area contributed by atoms with Crippen LogP contribution in [0, 0.1) is 44.3 Å². The molecule has 0 radical (unpaired) electrons. The van der Waals surface area contributed by atoms with Crippen molar-refractivity contribution in [2.75, 3.05) is 7.11 Å². The van der Waals surface area contributed by atoms with Crippen molar-refractivity contribution in [3.63, 3.8) is 0 Å². The van der Waals surface area contributed by atoms with E-state index in [-0.39, 0.29) is 51.7 Å². The maximum Gasteiger partial charge on any atom is 0.315 e. The largest absolute Gasteiger partial charge is 0.468 e. The number of rotatable bonds is 1. The predicted molar refractivity (Wildman–Crippen MR) is 137 cm³/mol. The molecule has 0 amide bonds. The van der Waals surface area contributed by atoms with Crippen LogP contribution in [0.5, 0.6) is 0 Å². The number of methoxy groups -OCH3 is 1. The number of Topliss-reactive ketones (excluding diaryl/α,β-unsaturated/α-hetero) is 1. The molecule has 1 N–H and O–H groups in total. The summed E-state index contributed by atoms with van der Waals surface area (Å²) in [7, 11) is 1.54. The number of allylic oxidation sites excluding steroid dienone is 3. The molecule has 0 aromatic carbocycles. The van der Waals surface area contributed by atoms with Crippen molar-refractivity contribution in [2.24, 2.45) is 44.3 Å². The molecule has 3 saturated carbocycles. The van der Waals surface area contributed by atoms with Gasteiger partial charge in [0.1, 0.15) is 5.78 Å². The Morgan fingerprint density at radius 1 is 1.00 bits per heavy atom. The molecule has 0 heterocycles. The second-order valence-corrected chi connectivity index (χ2v) is 14.7. The lowest BCUT2D eigenvalue weighted by Gasteiger charge is -2.68. The molecule has 0 spiro atoms. The predicted octanol–water partition coefficient (Wildman–Crippen LogP) is 6.42. The van der Waals surface area contributed by atoms with Crippen LogP contribution >= 0.6 is 0 Å². The minimum absolute atomic E-state index is 0.0629. The number of aliphatic hydroxyl groups excluding tert-OH is 1. The van der Waals surface area contributed by atoms with Crippen LogP contribution in [-0.4, -0.2) is 30.1 Å². The van der Waals surface area contributed by atoms with Gasteiger partial charge in [0.15, 0.2) is 0 Å². The lowest BCUT2D eigenvalue weighted by Crippen LogP contribution is -2.66. The molecule has 4 heteroatoms. The van der Waals surface area contributed by atoms with E-state index >= 15 is 0 Å². The summed E-state index contributed by atoms with van der Waals surface area (Å²) in [5, 5.41) is 10.9. The molecule has 5 aliphatic carbocycles. The van der Waals surface area contributed by atoms with Gasteiger partial charge >= 0.3 is 5.97 Å². The van der Waals surface area contributed by atoms with Gasteiger partial charge < -0.3 is 9.84 Å². The van der Waals surface area contributed by atoms with Crippen molar-refractivity contribution in [3.8, 4) is 0 Å². The van der Waals surface area contributed by atoms with Gasteiger partial charge in [-0.3, -0.25) is 9.59 Å². The van der Waals surface area contributed by atoms with Gasteiger partial charge in [-0.1, -0.05) is 60.6 Å². The summed E-state index contributed by atoms with van der Waals surface area (Å²) < 4.78 is 5.43. The van der Waals surface area contributed by atoms with E-state index in [1.54, 1.807) is 0 Å². The van der Waals surface area contributed by atoms with Crippen LogP contribution in [0.4, 0.5) is 0 Å². The lowest BCUT2D eigenvalue weighted by molar-refractivity contribution is -0.189. The summed E-state index contributed by atoms with van der Waals surface area (Å²) in [4.78, 5) is 27.0. The zero-order valence-electron chi connectivity index (χ0n) is 23.2. The van der Waals surface area contributed by atoms with E-state index in [9.17, 15) is 14.7 Å². The normalized spacial score (nSPS) is 47.8. The highest BCUT2D eigenvalue weighted by atomic mass is 16.5. The first-order chi connectivity index (χ1) is 16.1. The number of aliphatic hydroxyl groups is 1. The third kappa shape index (κ3) is 2.95. The molecule has 35 heavy (non-hydrogen) atoms. The standard InChI is InChI=1S/C31H46O4/c1-26(2)13-15-31(25(34)35-8)16-14-28(5)19(20(31)18-26)9-10-22-29(28,6)12-11-21-27(3,4)23(32)17-24(33)30(21,22)7/h9-10,21-23,32H,11-18H2,1-8H3/t21-,22-,23-,28+,29+,30-,31-/m0/s1. The Morgan fingerprint density at radius 2 is 1.66 bits per heavy atom. The molecule has 0 aromatic rings. The third-order valence-electron chi connectivity index (χ3n) is 12.5. The van der Waals surface area contributed by atoms with Crippen LogP contribution in [-0.2, 0) is 14.3 Å². The summed E-state index contributed by atoms with van der Waals surface area (Å²) in [6, 6.07) is 0. The average Bonchev–Trinajstić information content (AvgIpc) is 2.77. The van der Waals surface area contributed by atoms with Crippen LogP contribution in [0.2, 0.25) is 0 Å². The van der Waals surface area contributed by atoms with Crippen LogP contribution < -0.4 is 0 Å². The Balaban J connectivity index is 1.70. The Hall–Kier alpha value is -1.42. The van der Waals surface area contributed by atoms with Crippen molar-refractivity contribution < 1.29 is 19.4 Å². The molecule has 0 aromatic heterocycles. The number of ketones is 1. The van der Waals surface area contributed by atoms with Gasteiger partial charge in [-0.05, 0) is 89.6 Å². The SMILES string of the molecule is COC(=O)[C@]12CCC(C)(C)CC1=C1C=C[C@@H]3[C@@]4(C)C(=O)C[C@H](O)C(C)(C)[C@@H]4CC[C@@]3(C)[C@]1(C)CC2. The fraction of sp³-hybridized carbons (Fsp3) is 0.806. The van der Waals surface area contributed by atoms with Crippen molar-refractivity contribution >= 4 is 11.8 Å². The van der Waals surface area contributed by atoms with Crippen molar-refractivity contribution in [1.29, 1.82) is 0 Å². The van der Waals surface area contributed by atoms with Gasteiger partial charge in [-0.15, -0.1) is 0 Å². The van der Waals surface area contributed by atoms with Crippen molar-refractivity contribution in [3.05, 3.63) is 23.3 Å². The molecule has 4 nitrogen and oxygen atoms in total. The number of hydrogen-bond donors (Lipinski definition) is 1. The summed E-state index contributed by atoms with van der Waals surface area (Å²) in [6.07, 6.45) is 10.9. The first-order valence-electron chi connectivity index (χ1n) is 13.8. The molecular formula is C31H46O4. The Kier molecular flexibility index (Phi) is 5.29. The smallest absolute Gasteiger partial charge is 0.315 e. The topological polar surface area (TPSA) is 63.6 Å². The Bertz CT molecular complexity index is 1030. The number of carbonyl (C=O) groups is 2. The van der Waals surface area contributed by atoms with Gasteiger partial charge in [0, 0.05) is 11.8 Å². The molecule has 0 unspecified atom stereocenters. The van der Waals surface area contributed by atoms with E-state index in [0.717, 1.165) is 44.9 Å². The first kappa shape index (κ1) is 25.2. The quantitative estimate of drug-likeness (QED) is 0.438. The summed E-state index contributed by atoms with van der Waals surface area (Å²) in [5.41, 5.74) is 1.39. The number of fused-ring (bicyclic) bond motifs is 6.